The van der Waals surface area contributed by atoms with Crippen LogP contribution in [-0.4, -0.2) is 19.1 Å². The fraction of sp³-hybridized carbons (Fsp3) is 0.500. The summed E-state index contributed by atoms with van der Waals surface area (Å²) >= 11 is 3.05. The van der Waals surface area contributed by atoms with Crippen LogP contribution in [0.3, 0.4) is 0 Å². The van der Waals surface area contributed by atoms with E-state index in [0.29, 0.717) is 4.47 Å². The predicted octanol–water partition coefficient (Wildman–Crippen LogP) is 2.81. The maximum absolute atomic E-state index is 13.5. The number of hydrogen-bond donors (Lipinski definition) is 2. The van der Waals surface area contributed by atoms with Crippen LogP contribution < -0.4 is 10.6 Å². The molecule has 2 N–H and O–H groups in total. The van der Waals surface area contributed by atoms with Crippen LogP contribution in [-0.2, 0) is 6.54 Å². The van der Waals surface area contributed by atoms with Gasteiger partial charge in [-0.05, 0) is 25.6 Å². The lowest BCUT2D eigenvalue weighted by atomic mass is 10.2. The molecule has 0 bridgehead atoms. The summed E-state index contributed by atoms with van der Waals surface area (Å²) in [6.07, 6.45) is 0. The van der Waals surface area contributed by atoms with Crippen molar-refractivity contribution < 1.29 is 8.78 Å². The molecule has 1 aromatic rings. The van der Waals surface area contributed by atoms with Crippen LogP contribution in [0.1, 0.15) is 19.4 Å². The van der Waals surface area contributed by atoms with Gasteiger partial charge in [0.1, 0.15) is 11.6 Å². The van der Waals surface area contributed by atoms with E-state index in [0.717, 1.165) is 13.1 Å². The van der Waals surface area contributed by atoms with E-state index in [4.69, 9.17) is 0 Å². The number of halogens is 3. The monoisotopic (exact) mass is 306 g/mol. The molecule has 0 spiro atoms. The predicted molar refractivity (Wildman–Crippen MR) is 68.9 cm³/mol. The molecular formula is C12H17BrF2N2. The van der Waals surface area contributed by atoms with Gasteiger partial charge in [0.15, 0.2) is 0 Å². The zero-order valence-electron chi connectivity index (χ0n) is 9.99. The normalized spacial score (nSPS) is 12.8. The SMILES string of the molecule is CCNCC(C)NCc1c(F)cc(Br)cc1F. The minimum absolute atomic E-state index is 0.0801. The van der Waals surface area contributed by atoms with Crippen LogP contribution in [0.25, 0.3) is 0 Å². The summed E-state index contributed by atoms with van der Waals surface area (Å²) < 4.78 is 27.4. The van der Waals surface area contributed by atoms with Gasteiger partial charge in [0.2, 0.25) is 0 Å². The lowest BCUT2D eigenvalue weighted by Crippen LogP contribution is -2.36. The highest BCUT2D eigenvalue weighted by Crippen LogP contribution is 2.19. The van der Waals surface area contributed by atoms with Crippen LogP contribution in [0.4, 0.5) is 8.78 Å². The highest BCUT2D eigenvalue weighted by molar-refractivity contribution is 9.10. The second-order valence-electron chi connectivity index (χ2n) is 3.94. The van der Waals surface area contributed by atoms with Crippen molar-refractivity contribution in [2.45, 2.75) is 26.4 Å². The minimum atomic E-state index is -0.528. The van der Waals surface area contributed by atoms with Gasteiger partial charge in [0.05, 0.1) is 0 Å². The van der Waals surface area contributed by atoms with Gasteiger partial charge in [-0.15, -0.1) is 0 Å². The Morgan fingerprint density at radius 2 is 1.88 bits per heavy atom. The van der Waals surface area contributed by atoms with E-state index in [1.807, 2.05) is 13.8 Å². The molecule has 17 heavy (non-hydrogen) atoms. The molecule has 5 heteroatoms. The first-order valence-electron chi connectivity index (χ1n) is 5.62. The highest BCUT2D eigenvalue weighted by atomic mass is 79.9. The molecule has 2 nitrogen and oxygen atoms in total. The number of rotatable bonds is 6. The summed E-state index contributed by atoms with van der Waals surface area (Å²) in [4.78, 5) is 0. The molecule has 0 saturated carbocycles. The summed E-state index contributed by atoms with van der Waals surface area (Å²) in [5.41, 5.74) is 0.0801. The third-order valence-corrected chi connectivity index (χ3v) is 2.89. The molecule has 0 amide bonds. The van der Waals surface area contributed by atoms with Crippen molar-refractivity contribution in [2.75, 3.05) is 13.1 Å². The van der Waals surface area contributed by atoms with Crippen LogP contribution >= 0.6 is 15.9 Å². The fourth-order valence-electron chi connectivity index (χ4n) is 1.45. The van der Waals surface area contributed by atoms with Gasteiger partial charge >= 0.3 is 0 Å². The molecular weight excluding hydrogens is 290 g/mol. The number of nitrogens with one attached hydrogen (secondary N) is 2. The summed E-state index contributed by atoms with van der Waals surface area (Å²) in [5.74, 6) is -1.06. The van der Waals surface area contributed by atoms with Crippen LogP contribution in [0.5, 0.6) is 0 Å². The average Bonchev–Trinajstić information content (AvgIpc) is 2.24. The first-order valence-corrected chi connectivity index (χ1v) is 6.41. The van der Waals surface area contributed by atoms with Gasteiger partial charge in [0, 0.05) is 29.2 Å². The van der Waals surface area contributed by atoms with Crippen molar-refractivity contribution >= 4 is 15.9 Å². The van der Waals surface area contributed by atoms with Gasteiger partial charge in [0.25, 0.3) is 0 Å². The smallest absolute Gasteiger partial charge is 0.131 e. The lowest BCUT2D eigenvalue weighted by Gasteiger charge is -2.15. The Labute approximate surface area is 109 Å². The van der Waals surface area contributed by atoms with Crippen molar-refractivity contribution in [3.05, 3.63) is 33.8 Å². The summed E-state index contributed by atoms with van der Waals surface area (Å²) in [6.45, 7) is 5.83. The topological polar surface area (TPSA) is 24.1 Å². The van der Waals surface area contributed by atoms with E-state index in [1.54, 1.807) is 0 Å². The summed E-state index contributed by atoms with van der Waals surface area (Å²) in [5, 5.41) is 6.24. The van der Waals surface area contributed by atoms with E-state index in [-0.39, 0.29) is 18.2 Å². The zero-order chi connectivity index (χ0) is 12.8. The van der Waals surface area contributed by atoms with E-state index in [9.17, 15) is 8.78 Å². The molecule has 96 valence electrons. The average molecular weight is 307 g/mol. The van der Waals surface area contributed by atoms with E-state index in [1.165, 1.54) is 12.1 Å². The highest BCUT2D eigenvalue weighted by Gasteiger charge is 2.11. The van der Waals surface area contributed by atoms with Crippen LogP contribution in [0.2, 0.25) is 0 Å². The third kappa shape index (κ3) is 4.69. The van der Waals surface area contributed by atoms with Gasteiger partial charge in [-0.1, -0.05) is 22.9 Å². The van der Waals surface area contributed by atoms with Crippen molar-refractivity contribution in [1.82, 2.24) is 10.6 Å². The largest absolute Gasteiger partial charge is 0.315 e. The Bertz CT molecular complexity index is 349. The number of likely N-dealkylation sites (N-methyl/N-ethyl adjacent to an activating group) is 1. The summed E-state index contributed by atoms with van der Waals surface area (Å²) in [7, 11) is 0. The first-order chi connectivity index (χ1) is 8.04. The second kappa shape index (κ2) is 7.03. The van der Waals surface area contributed by atoms with E-state index in [2.05, 4.69) is 26.6 Å². The van der Waals surface area contributed by atoms with E-state index < -0.39 is 11.6 Å². The molecule has 1 rings (SSSR count). The molecule has 0 heterocycles. The maximum atomic E-state index is 13.5. The Kier molecular flexibility index (Phi) is 6.02. The van der Waals surface area contributed by atoms with Gasteiger partial charge in [-0.2, -0.15) is 0 Å². The van der Waals surface area contributed by atoms with Crippen molar-refractivity contribution in [2.24, 2.45) is 0 Å². The number of benzene rings is 1. The fourth-order valence-corrected chi connectivity index (χ4v) is 1.85. The molecule has 1 unspecified atom stereocenters. The molecule has 0 aliphatic rings. The molecule has 0 saturated heterocycles. The Morgan fingerprint density at radius 3 is 2.41 bits per heavy atom. The minimum Gasteiger partial charge on any atom is -0.315 e. The number of hydrogen-bond acceptors (Lipinski definition) is 2. The van der Waals surface area contributed by atoms with Crippen molar-refractivity contribution in [3.8, 4) is 0 Å². The molecule has 0 radical (unpaired) electrons. The second-order valence-corrected chi connectivity index (χ2v) is 4.85. The molecule has 0 aliphatic heterocycles. The maximum Gasteiger partial charge on any atom is 0.131 e. The molecule has 1 aromatic carbocycles. The van der Waals surface area contributed by atoms with Crippen molar-refractivity contribution in [1.29, 1.82) is 0 Å². The van der Waals surface area contributed by atoms with E-state index >= 15 is 0 Å². The first kappa shape index (κ1) is 14.5. The Morgan fingerprint density at radius 1 is 1.29 bits per heavy atom. The Hall–Kier alpha value is -0.520. The molecule has 1 atom stereocenters. The van der Waals surface area contributed by atoms with Crippen molar-refractivity contribution in [3.63, 3.8) is 0 Å². The third-order valence-electron chi connectivity index (χ3n) is 2.43. The van der Waals surface area contributed by atoms with Gasteiger partial charge in [-0.3, -0.25) is 0 Å². The Balaban J connectivity index is 2.57. The quantitative estimate of drug-likeness (QED) is 0.844. The van der Waals surface area contributed by atoms with Crippen LogP contribution in [0.15, 0.2) is 16.6 Å². The van der Waals surface area contributed by atoms with Gasteiger partial charge < -0.3 is 10.6 Å². The van der Waals surface area contributed by atoms with Crippen LogP contribution in [0, 0.1) is 11.6 Å². The molecule has 0 aliphatic carbocycles. The van der Waals surface area contributed by atoms with Gasteiger partial charge in [-0.25, -0.2) is 8.78 Å². The summed E-state index contributed by atoms with van der Waals surface area (Å²) in [6, 6.07) is 2.71. The zero-order valence-corrected chi connectivity index (χ0v) is 11.6. The lowest BCUT2D eigenvalue weighted by molar-refractivity contribution is 0.480. The molecule has 0 fully saturated rings. The molecule has 0 aromatic heterocycles. The standard InChI is InChI=1S/C12H17BrF2N2/c1-3-16-6-8(2)17-7-10-11(14)4-9(13)5-12(10)15/h4-5,8,16-17H,3,6-7H2,1-2H3.